The van der Waals surface area contributed by atoms with E-state index in [1.54, 1.807) is 19.1 Å². The summed E-state index contributed by atoms with van der Waals surface area (Å²) in [5.74, 6) is 0.406. The summed E-state index contributed by atoms with van der Waals surface area (Å²) in [5, 5.41) is 3.07. The molecule has 1 N–H and O–H groups in total. The smallest absolute Gasteiger partial charge is 0.244 e. The number of aryl methyl sites for hydroxylation is 2. The van der Waals surface area contributed by atoms with E-state index in [4.69, 9.17) is 4.74 Å². The van der Waals surface area contributed by atoms with E-state index in [0.29, 0.717) is 12.1 Å². The van der Waals surface area contributed by atoms with Gasteiger partial charge in [-0.15, -0.1) is 0 Å². The highest BCUT2D eigenvalue weighted by Crippen LogP contribution is 2.40. The summed E-state index contributed by atoms with van der Waals surface area (Å²) in [6.45, 7) is 9.62. The number of benzene rings is 2. The molecule has 0 spiro atoms. The predicted molar refractivity (Wildman–Crippen MR) is 124 cm³/mol. The molecule has 3 rings (SSSR count). The number of anilines is 1. The van der Waals surface area contributed by atoms with Crippen LogP contribution in [0.5, 0.6) is 5.75 Å². The van der Waals surface area contributed by atoms with Crippen molar-refractivity contribution in [3.63, 3.8) is 0 Å². The Balaban J connectivity index is 1.89. The molecule has 1 aliphatic rings. The van der Waals surface area contributed by atoms with Crippen LogP contribution in [0.1, 0.15) is 56.8 Å². The maximum atomic E-state index is 13.2. The average molecular weight is 445 g/mol. The van der Waals surface area contributed by atoms with E-state index >= 15 is 0 Å². The van der Waals surface area contributed by atoms with Crippen LogP contribution in [0.3, 0.4) is 0 Å². The molecular weight excluding hydrogens is 412 g/mol. The van der Waals surface area contributed by atoms with Crippen molar-refractivity contribution in [2.45, 2.75) is 65.1 Å². The first-order valence-corrected chi connectivity index (χ1v) is 12.4. The summed E-state index contributed by atoms with van der Waals surface area (Å²) >= 11 is 0. The highest BCUT2D eigenvalue weighted by molar-refractivity contribution is 7.92. The van der Waals surface area contributed by atoms with Crippen molar-refractivity contribution in [2.75, 3.05) is 10.6 Å². The van der Waals surface area contributed by atoms with Crippen molar-refractivity contribution in [2.24, 2.45) is 0 Å². The van der Waals surface area contributed by atoms with Gasteiger partial charge in [0, 0.05) is 12.0 Å². The number of hydrogen-bond donors (Lipinski definition) is 1. The number of nitrogens with one attached hydrogen (secondary N) is 1. The number of fused-ring (bicyclic) bond motifs is 1. The Morgan fingerprint density at radius 2 is 1.87 bits per heavy atom. The van der Waals surface area contributed by atoms with E-state index in [2.05, 4.69) is 5.32 Å². The van der Waals surface area contributed by atoms with Crippen LogP contribution < -0.4 is 14.4 Å². The van der Waals surface area contributed by atoms with E-state index in [1.165, 1.54) is 4.31 Å². The van der Waals surface area contributed by atoms with E-state index < -0.39 is 21.7 Å². The van der Waals surface area contributed by atoms with Crippen LogP contribution >= 0.6 is 0 Å². The van der Waals surface area contributed by atoms with Gasteiger partial charge in [0.1, 0.15) is 17.4 Å². The molecule has 6 nitrogen and oxygen atoms in total. The average Bonchev–Trinajstić information content (AvgIpc) is 2.66. The monoisotopic (exact) mass is 444 g/mol. The van der Waals surface area contributed by atoms with E-state index in [-0.39, 0.29) is 11.9 Å². The van der Waals surface area contributed by atoms with Crippen molar-refractivity contribution in [3.05, 3.63) is 59.2 Å². The van der Waals surface area contributed by atoms with Gasteiger partial charge < -0.3 is 10.1 Å². The third-order valence-corrected chi connectivity index (χ3v) is 6.87. The quantitative estimate of drug-likeness (QED) is 0.727. The second kappa shape index (κ2) is 8.54. The van der Waals surface area contributed by atoms with Crippen molar-refractivity contribution in [1.29, 1.82) is 0 Å². The number of hydrogen-bond acceptors (Lipinski definition) is 4. The zero-order chi connectivity index (χ0) is 23.0. The van der Waals surface area contributed by atoms with E-state index in [9.17, 15) is 13.2 Å². The van der Waals surface area contributed by atoms with E-state index in [1.807, 2.05) is 58.0 Å². The minimum atomic E-state index is -3.66. The molecule has 0 saturated carbocycles. The summed E-state index contributed by atoms with van der Waals surface area (Å²) in [7, 11) is -3.66. The van der Waals surface area contributed by atoms with Crippen LogP contribution in [0.2, 0.25) is 0 Å². The van der Waals surface area contributed by atoms with Gasteiger partial charge in [0.2, 0.25) is 15.9 Å². The van der Waals surface area contributed by atoms with Crippen molar-refractivity contribution >= 4 is 21.6 Å². The number of nitrogens with zero attached hydrogens (tertiary/aromatic N) is 1. The molecule has 7 heteroatoms. The van der Waals surface area contributed by atoms with E-state index in [0.717, 1.165) is 35.1 Å². The molecule has 2 aromatic rings. The Labute approximate surface area is 185 Å². The molecule has 1 amide bonds. The molecule has 1 heterocycles. The Morgan fingerprint density at radius 3 is 2.45 bits per heavy atom. The minimum Gasteiger partial charge on any atom is -0.487 e. The summed E-state index contributed by atoms with van der Waals surface area (Å²) in [6.07, 6.45) is 2.57. The zero-order valence-electron chi connectivity index (χ0n) is 19.1. The largest absolute Gasteiger partial charge is 0.487 e. The standard InChI is InChI=1S/C24H32N2O4S/c1-7-18-9-11-19(12-10-18)26(31(6,28)29)17(3)23(27)25-21-15-24(4,5)30-22-14-16(2)8-13-20(21)22/h8-14,17,21H,7,15H2,1-6H3,(H,25,27)/t17-,21+/m1/s1. The third-order valence-electron chi connectivity index (χ3n) is 5.63. The first-order chi connectivity index (χ1) is 14.4. The van der Waals surface area contributed by atoms with Gasteiger partial charge in [0.25, 0.3) is 0 Å². The second-order valence-electron chi connectivity index (χ2n) is 8.92. The van der Waals surface area contributed by atoms with Crippen LogP contribution in [0.25, 0.3) is 0 Å². The highest BCUT2D eigenvalue weighted by atomic mass is 32.2. The lowest BCUT2D eigenvalue weighted by Gasteiger charge is -2.39. The van der Waals surface area contributed by atoms with Crippen molar-refractivity contribution in [1.82, 2.24) is 5.32 Å². The van der Waals surface area contributed by atoms with Gasteiger partial charge in [-0.3, -0.25) is 9.10 Å². The summed E-state index contributed by atoms with van der Waals surface area (Å²) in [6, 6.07) is 12.0. The Hall–Kier alpha value is -2.54. The molecular formula is C24H32N2O4S. The predicted octanol–water partition coefficient (Wildman–Crippen LogP) is 4.13. The van der Waals surface area contributed by atoms with Gasteiger partial charge in [0.15, 0.2) is 0 Å². The maximum Gasteiger partial charge on any atom is 0.244 e. The second-order valence-corrected chi connectivity index (χ2v) is 10.8. The van der Waals surface area contributed by atoms with Gasteiger partial charge in [-0.05, 0) is 63.4 Å². The number of carbonyl (C=O) groups is 1. The SMILES string of the molecule is CCc1ccc(N([C@H](C)C(=O)N[C@H]2CC(C)(C)Oc3cc(C)ccc32)S(C)(=O)=O)cc1. The fourth-order valence-corrected chi connectivity index (χ4v) is 5.24. The summed E-state index contributed by atoms with van der Waals surface area (Å²) in [5.41, 5.74) is 3.11. The Bertz CT molecular complexity index is 1060. The molecule has 31 heavy (non-hydrogen) atoms. The number of rotatable bonds is 6. The lowest BCUT2D eigenvalue weighted by atomic mass is 9.89. The number of ether oxygens (including phenoxy) is 1. The molecule has 0 saturated heterocycles. The fraction of sp³-hybridized carbons (Fsp3) is 0.458. The summed E-state index contributed by atoms with van der Waals surface area (Å²) < 4.78 is 32.5. The van der Waals surface area contributed by atoms with Crippen LogP contribution in [-0.4, -0.2) is 32.2 Å². The normalized spacial score (nSPS) is 18.5. The first-order valence-electron chi connectivity index (χ1n) is 10.6. The minimum absolute atomic E-state index is 0.266. The molecule has 168 valence electrons. The van der Waals surface area contributed by atoms with Gasteiger partial charge in [-0.1, -0.05) is 31.2 Å². The number of carbonyl (C=O) groups excluding carboxylic acids is 1. The molecule has 0 aliphatic carbocycles. The van der Waals surface area contributed by atoms with Crippen LogP contribution in [0.4, 0.5) is 5.69 Å². The maximum absolute atomic E-state index is 13.2. The zero-order valence-corrected chi connectivity index (χ0v) is 19.9. The van der Waals surface area contributed by atoms with Crippen LogP contribution in [0, 0.1) is 6.92 Å². The van der Waals surface area contributed by atoms with Gasteiger partial charge in [-0.2, -0.15) is 0 Å². The molecule has 0 radical (unpaired) electrons. The van der Waals surface area contributed by atoms with Crippen molar-refractivity contribution in [3.8, 4) is 5.75 Å². The Kier molecular flexibility index (Phi) is 6.37. The van der Waals surface area contributed by atoms with Crippen LogP contribution in [0.15, 0.2) is 42.5 Å². The molecule has 0 fully saturated rings. The van der Waals surface area contributed by atoms with Gasteiger partial charge in [-0.25, -0.2) is 8.42 Å². The Morgan fingerprint density at radius 1 is 1.23 bits per heavy atom. The van der Waals surface area contributed by atoms with Crippen molar-refractivity contribution < 1.29 is 17.9 Å². The van der Waals surface area contributed by atoms with Crippen LogP contribution in [-0.2, 0) is 21.2 Å². The topological polar surface area (TPSA) is 75.7 Å². The first kappa shape index (κ1) is 23.1. The molecule has 0 aromatic heterocycles. The van der Waals surface area contributed by atoms with Gasteiger partial charge in [0.05, 0.1) is 18.0 Å². The molecule has 0 bridgehead atoms. The molecule has 0 unspecified atom stereocenters. The molecule has 2 aromatic carbocycles. The summed E-state index contributed by atoms with van der Waals surface area (Å²) in [4.78, 5) is 13.2. The number of sulfonamides is 1. The fourth-order valence-electron chi connectivity index (χ4n) is 4.07. The lowest BCUT2D eigenvalue weighted by molar-refractivity contribution is -0.123. The van der Waals surface area contributed by atoms with Gasteiger partial charge >= 0.3 is 0 Å². The molecule has 2 atom stereocenters. The third kappa shape index (κ3) is 5.21. The lowest BCUT2D eigenvalue weighted by Crippen LogP contribution is -2.50. The highest BCUT2D eigenvalue weighted by Gasteiger charge is 2.37. The molecule has 1 aliphatic heterocycles. The number of amides is 1.